The number of amides is 4. The molecule has 98 valence electrons. The van der Waals surface area contributed by atoms with Crippen LogP contribution in [0.5, 0.6) is 0 Å². The predicted octanol–water partition coefficient (Wildman–Crippen LogP) is 1.36. The lowest BCUT2D eigenvalue weighted by molar-refractivity contribution is 0.252. The van der Waals surface area contributed by atoms with Crippen molar-refractivity contribution in [3.63, 3.8) is 0 Å². The average molecular weight is 251 g/mol. The van der Waals surface area contributed by atoms with Crippen molar-refractivity contribution in [1.29, 1.82) is 0 Å². The van der Waals surface area contributed by atoms with Gasteiger partial charge in [-0.05, 0) is 26.0 Å². The summed E-state index contributed by atoms with van der Waals surface area (Å²) < 4.78 is 0. The van der Waals surface area contributed by atoms with E-state index in [2.05, 4.69) is 26.3 Å². The first-order chi connectivity index (χ1) is 8.65. The smallest absolute Gasteiger partial charge is 0.320 e. The Hall–Kier alpha value is -2.31. The molecule has 18 heavy (non-hydrogen) atoms. The first-order valence-electron chi connectivity index (χ1n) is 5.72. The number of urea groups is 2. The van der Waals surface area contributed by atoms with Crippen LogP contribution in [0.2, 0.25) is 0 Å². The minimum Gasteiger partial charge on any atom is -0.338 e. The van der Waals surface area contributed by atoms with Crippen molar-refractivity contribution in [2.45, 2.75) is 13.8 Å². The highest BCUT2D eigenvalue weighted by Crippen LogP contribution is 2.08. The van der Waals surface area contributed by atoms with Crippen LogP contribution >= 0.6 is 0 Å². The SMILES string of the molecule is CCNC(=O)Nc1cccc(NC(=O)NCC)n1. The maximum Gasteiger partial charge on any atom is 0.320 e. The van der Waals surface area contributed by atoms with Crippen molar-refractivity contribution < 1.29 is 9.59 Å². The van der Waals surface area contributed by atoms with E-state index in [0.29, 0.717) is 24.7 Å². The number of anilines is 2. The van der Waals surface area contributed by atoms with Gasteiger partial charge in [-0.3, -0.25) is 10.6 Å². The van der Waals surface area contributed by atoms with Crippen LogP contribution in [0.4, 0.5) is 21.2 Å². The predicted molar refractivity (Wildman–Crippen MR) is 69.6 cm³/mol. The maximum absolute atomic E-state index is 11.3. The van der Waals surface area contributed by atoms with Gasteiger partial charge in [-0.1, -0.05) is 6.07 Å². The lowest BCUT2D eigenvalue weighted by Crippen LogP contribution is -2.30. The molecule has 0 bridgehead atoms. The van der Waals surface area contributed by atoms with Crippen molar-refractivity contribution in [2.24, 2.45) is 0 Å². The molecule has 0 unspecified atom stereocenters. The topological polar surface area (TPSA) is 95.2 Å². The molecule has 7 nitrogen and oxygen atoms in total. The monoisotopic (exact) mass is 251 g/mol. The molecule has 1 aromatic heterocycles. The number of pyridine rings is 1. The zero-order valence-electron chi connectivity index (χ0n) is 10.4. The van der Waals surface area contributed by atoms with E-state index >= 15 is 0 Å². The molecule has 0 aliphatic heterocycles. The second-order valence-corrected chi connectivity index (χ2v) is 3.38. The molecular formula is C11H17N5O2. The largest absolute Gasteiger partial charge is 0.338 e. The number of nitrogens with zero attached hydrogens (tertiary/aromatic N) is 1. The molecular weight excluding hydrogens is 234 g/mol. The third-order valence-corrected chi connectivity index (χ3v) is 1.91. The van der Waals surface area contributed by atoms with Crippen LogP contribution in [0.25, 0.3) is 0 Å². The summed E-state index contributed by atoms with van der Waals surface area (Å²) in [6.45, 7) is 4.70. The van der Waals surface area contributed by atoms with Gasteiger partial charge in [0, 0.05) is 13.1 Å². The molecule has 0 atom stereocenters. The van der Waals surface area contributed by atoms with E-state index in [0.717, 1.165) is 0 Å². The Bertz CT molecular complexity index is 386. The highest BCUT2D eigenvalue weighted by atomic mass is 16.2. The van der Waals surface area contributed by atoms with E-state index in [1.807, 2.05) is 13.8 Å². The summed E-state index contributed by atoms with van der Waals surface area (Å²) in [6, 6.07) is 4.30. The quantitative estimate of drug-likeness (QED) is 0.650. The van der Waals surface area contributed by atoms with Gasteiger partial charge in [0.15, 0.2) is 0 Å². The van der Waals surface area contributed by atoms with Crippen LogP contribution in [0.3, 0.4) is 0 Å². The third-order valence-electron chi connectivity index (χ3n) is 1.91. The Morgan fingerprint density at radius 3 is 1.83 bits per heavy atom. The summed E-state index contributed by atoms with van der Waals surface area (Å²) in [7, 11) is 0. The Morgan fingerprint density at radius 2 is 1.44 bits per heavy atom. The van der Waals surface area contributed by atoms with Crippen molar-refractivity contribution in [1.82, 2.24) is 15.6 Å². The number of rotatable bonds is 4. The molecule has 0 radical (unpaired) electrons. The molecule has 0 saturated heterocycles. The van der Waals surface area contributed by atoms with Gasteiger partial charge in [-0.25, -0.2) is 14.6 Å². The lowest BCUT2D eigenvalue weighted by atomic mass is 10.4. The van der Waals surface area contributed by atoms with E-state index in [-0.39, 0.29) is 12.1 Å². The molecule has 4 N–H and O–H groups in total. The molecule has 0 aliphatic rings. The summed E-state index contributed by atoms with van der Waals surface area (Å²) in [4.78, 5) is 26.6. The normalized spacial score (nSPS) is 9.44. The Labute approximate surface area is 105 Å². The minimum atomic E-state index is -0.333. The van der Waals surface area contributed by atoms with E-state index in [1.165, 1.54) is 0 Å². The Morgan fingerprint density at radius 1 is 1.00 bits per heavy atom. The number of hydrogen-bond acceptors (Lipinski definition) is 3. The van der Waals surface area contributed by atoms with Gasteiger partial charge in [0.1, 0.15) is 11.6 Å². The zero-order chi connectivity index (χ0) is 13.4. The first kappa shape index (κ1) is 13.8. The fraction of sp³-hybridized carbons (Fsp3) is 0.364. The maximum atomic E-state index is 11.3. The number of nitrogens with one attached hydrogen (secondary N) is 4. The van der Waals surface area contributed by atoms with E-state index in [1.54, 1.807) is 18.2 Å². The number of aromatic nitrogens is 1. The summed E-state index contributed by atoms with van der Waals surface area (Å²) >= 11 is 0. The summed E-state index contributed by atoms with van der Waals surface area (Å²) in [5.41, 5.74) is 0. The van der Waals surface area contributed by atoms with Gasteiger partial charge < -0.3 is 10.6 Å². The van der Waals surface area contributed by atoms with Crippen molar-refractivity contribution >= 4 is 23.7 Å². The van der Waals surface area contributed by atoms with Crippen LogP contribution in [0, 0.1) is 0 Å². The van der Waals surface area contributed by atoms with Crippen LogP contribution in [0.15, 0.2) is 18.2 Å². The van der Waals surface area contributed by atoms with E-state index in [4.69, 9.17) is 0 Å². The molecule has 1 aromatic rings. The fourth-order valence-corrected chi connectivity index (χ4v) is 1.22. The number of hydrogen-bond donors (Lipinski definition) is 4. The lowest BCUT2D eigenvalue weighted by Gasteiger charge is -2.08. The molecule has 4 amide bonds. The van der Waals surface area contributed by atoms with Gasteiger partial charge >= 0.3 is 12.1 Å². The highest BCUT2D eigenvalue weighted by Gasteiger charge is 2.04. The van der Waals surface area contributed by atoms with E-state index in [9.17, 15) is 9.59 Å². The number of carbonyl (C=O) groups excluding carboxylic acids is 2. The average Bonchev–Trinajstić information content (AvgIpc) is 2.29. The molecule has 1 heterocycles. The summed E-state index contributed by atoms with van der Waals surface area (Å²) in [5, 5.41) is 10.3. The van der Waals surface area contributed by atoms with Gasteiger partial charge in [-0.15, -0.1) is 0 Å². The van der Waals surface area contributed by atoms with Crippen LogP contribution < -0.4 is 21.3 Å². The zero-order valence-corrected chi connectivity index (χ0v) is 10.4. The summed E-state index contributed by atoms with van der Waals surface area (Å²) in [5.74, 6) is 0.741. The van der Waals surface area contributed by atoms with Crippen LogP contribution in [-0.2, 0) is 0 Å². The second-order valence-electron chi connectivity index (χ2n) is 3.38. The summed E-state index contributed by atoms with van der Waals surface area (Å²) in [6.07, 6.45) is 0. The van der Waals surface area contributed by atoms with Crippen molar-refractivity contribution in [2.75, 3.05) is 23.7 Å². The number of carbonyl (C=O) groups is 2. The second kappa shape index (κ2) is 7.10. The molecule has 0 fully saturated rings. The van der Waals surface area contributed by atoms with Crippen LogP contribution in [-0.4, -0.2) is 30.1 Å². The van der Waals surface area contributed by atoms with Gasteiger partial charge in [0.2, 0.25) is 0 Å². The third kappa shape index (κ3) is 4.69. The van der Waals surface area contributed by atoms with Crippen molar-refractivity contribution in [3.05, 3.63) is 18.2 Å². The minimum absolute atomic E-state index is 0.333. The molecule has 0 aromatic carbocycles. The van der Waals surface area contributed by atoms with Gasteiger partial charge in [0.05, 0.1) is 0 Å². The standard InChI is InChI=1S/C11H17N5O2/c1-3-12-10(17)15-8-6-5-7-9(14-8)16-11(18)13-4-2/h5-7H,3-4H2,1-2H3,(H4,12,13,14,15,16,17,18). The Balaban J connectivity index is 2.61. The Kier molecular flexibility index (Phi) is 5.43. The molecule has 1 rings (SSSR count). The van der Waals surface area contributed by atoms with E-state index < -0.39 is 0 Å². The van der Waals surface area contributed by atoms with Crippen molar-refractivity contribution in [3.8, 4) is 0 Å². The van der Waals surface area contributed by atoms with Gasteiger partial charge in [0.25, 0.3) is 0 Å². The van der Waals surface area contributed by atoms with Gasteiger partial charge in [-0.2, -0.15) is 0 Å². The fourth-order valence-electron chi connectivity index (χ4n) is 1.22. The van der Waals surface area contributed by atoms with Crippen LogP contribution in [0.1, 0.15) is 13.8 Å². The molecule has 0 saturated carbocycles. The molecule has 7 heteroatoms. The first-order valence-corrected chi connectivity index (χ1v) is 5.72. The highest BCUT2D eigenvalue weighted by molar-refractivity contribution is 5.90. The molecule has 0 aliphatic carbocycles. The molecule has 0 spiro atoms.